The molecule has 0 rings (SSSR count). The minimum atomic E-state index is 0.782. The molecule has 0 aliphatic rings. The van der Waals surface area contributed by atoms with E-state index >= 15 is 0 Å². The van der Waals surface area contributed by atoms with Crippen molar-refractivity contribution in [3.8, 4) is 0 Å². The molecule has 0 amide bonds. The molecular weight excluding hydrogens is 148 g/mol. The van der Waals surface area contributed by atoms with Gasteiger partial charge in [0.15, 0.2) is 0 Å². The molecule has 0 atom stereocenters. The fourth-order valence-electron chi connectivity index (χ4n) is 0.204. The van der Waals surface area contributed by atoms with E-state index in [0.29, 0.717) is 0 Å². The van der Waals surface area contributed by atoms with Crippen molar-refractivity contribution in [3.63, 3.8) is 0 Å². The Bertz CT molecular complexity index is 35.9. The van der Waals surface area contributed by atoms with Gasteiger partial charge in [0.25, 0.3) is 0 Å². The van der Waals surface area contributed by atoms with Gasteiger partial charge in [-0.25, -0.2) is 0 Å². The molecule has 0 aromatic heterocycles. The highest BCUT2D eigenvalue weighted by atomic mass is 33.1. The van der Waals surface area contributed by atoms with Crippen LogP contribution >= 0.6 is 21.6 Å². The van der Waals surface area contributed by atoms with Gasteiger partial charge >= 0.3 is 0 Å². The summed E-state index contributed by atoms with van der Waals surface area (Å²) in [5.74, 6) is 1.23. The van der Waals surface area contributed by atoms with E-state index in [0.717, 1.165) is 5.25 Å². The minimum Gasteiger partial charge on any atom is -0.0942 e. The van der Waals surface area contributed by atoms with Gasteiger partial charge in [0.2, 0.25) is 0 Å². The topological polar surface area (TPSA) is 0 Å². The number of rotatable bonds is 3. The van der Waals surface area contributed by atoms with Crippen molar-refractivity contribution < 1.29 is 0 Å². The standard InChI is InChI=1S/C5H12S2.C2H6/c1-4-6-7-5(2)3;1-2/h5H,4H2,1-3H3;1-2H3. The summed E-state index contributed by atoms with van der Waals surface area (Å²) in [6.07, 6.45) is 0. The smallest absolute Gasteiger partial charge is 0.00944 e. The van der Waals surface area contributed by atoms with E-state index in [9.17, 15) is 0 Å². The third-order valence-corrected chi connectivity index (χ3v) is 3.41. The highest BCUT2D eigenvalue weighted by Gasteiger charge is 1.89. The first-order chi connectivity index (χ1) is 4.27. The van der Waals surface area contributed by atoms with Gasteiger partial charge in [-0.3, -0.25) is 0 Å². The fraction of sp³-hybridized carbons (Fsp3) is 1.00. The Morgan fingerprint density at radius 1 is 1.22 bits per heavy atom. The summed E-state index contributed by atoms with van der Waals surface area (Å²) in [6, 6.07) is 0. The van der Waals surface area contributed by atoms with Crippen molar-refractivity contribution in [1.82, 2.24) is 0 Å². The zero-order valence-corrected chi connectivity index (χ0v) is 8.73. The van der Waals surface area contributed by atoms with Crippen LogP contribution in [0.25, 0.3) is 0 Å². The lowest BCUT2D eigenvalue weighted by Crippen LogP contribution is -1.80. The molecule has 0 aromatic rings. The number of hydrogen-bond donors (Lipinski definition) is 0. The molecule has 0 nitrogen and oxygen atoms in total. The molecule has 0 saturated carbocycles. The second-order valence-electron chi connectivity index (χ2n) is 1.55. The van der Waals surface area contributed by atoms with E-state index in [2.05, 4.69) is 20.8 Å². The Morgan fingerprint density at radius 2 is 1.67 bits per heavy atom. The first-order valence-corrected chi connectivity index (χ1v) is 5.93. The molecule has 0 aliphatic heterocycles. The summed E-state index contributed by atoms with van der Waals surface area (Å²) in [4.78, 5) is 0. The normalized spacial score (nSPS) is 8.67. The molecule has 0 N–H and O–H groups in total. The average Bonchev–Trinajstić information content (AvgIpc) is 1.88. The minimum absolute atomic E-state index is 0.782. The predicted octanol–water partition coefficient (Wildman–Crippen LogP) is 3.82. The second kappa shape index (κ2) is 11.5. The first-order valence-electron chi connectivity index (χ1n) is 3.55. The molecule has 0 radical (unpaired) electrons. The van der Waals surface area contributed by atoms with Crippen LogP contribution in [0.2, 0.25) is 0 Å². The van der Waals surface area contributed by atoms with Gasteiger partial charge in [-0.2, -0.15) is 0 Å². The monoisotopic (exact) mass is 166 g/mol. The Kier molecular flexibility index (Phi) is 15.8. The van der Waals surface area contributed by atoms with E-state index in [1.54, 1.807) is 0 Å². The van der Waals surface area contributed by atoms with E-state index in [1.807, 2.05) is 35.4 Å². The van der Waals surface area contributed by atoms with Crippen LogP contribution in [0.4, 0.5) is 0 Å². The SMILES string of the molecule is CC.CCSSC(C)C. The van der Waals surface area contributed by atoms with E-state index < -0.39 is 0 Å². The molecule has 0 heterocycles. The Balaban J connectivity index is 0. The van der Waals surface area contributed by atoms with Gasteiger partial charge < -0.3 is 0 Å². The Morgan fingerprint density at radius 3 is 1.78 bits per heavy atom. The summed E-state index contributed by atoms with van der Waals surface area (Å²) in [5.41, 5.74) is 0. The zero-order chi connectivity index (χ0) is 7.70. The molecule has 0 fully saturated rings. The van der Waals surface area contributed by atoms with Gasteiger partial charge in [0, 0.05) is 11.0 Å². The van der Waals surface area contributed by atoms with Gasteiger partial charge in [0.05, 0.1) is 0 Å². The van der Waals surface area contributed by atoms with Gasteiger partial charge in [-0.05, 0) is 0 Å². The summed E-state index contributed by atoms with van der Waals surface area (Å²) < 4.78 is 0. The zero-order valence-electron chi connectivity index (χ0n) is 7.10. The second-order valence-corrected chi connectivity index (χ2v) is 4.78. The molecule has 0 aliphatic carbocycles. The highest BCUT2D eigenvalue weighted by molar-refractivity contribution is 8.76. The average molecular weight is 166 g/mol. The third kappa shape index (κ3) is 17.7. The molecule has 9 heavy (non-hydrogen) atoms. The Hall–Kier alpha value is 0.700. The van der Waals surface area contributed by atoms with Gasteiger partial charge in [-0.1, -0.05) is 56.2 Å². The van der Waals surface area contributed by atoms with Crippen molar-refractivity contribution >= 4 is 21.6 Å². The summed E-state index contributed by atoms with van der Waals surface area (Å²) >= 11 is 0. The largest absolute Gasteiger partial charge is 0.0942 e. The van der Waals surface area contributed by atoms with Crippen molar-refractivity contribution in [1.29, 1.82) is 0 Å². The van der Waals surface area contributed by atoms with Crippen LogP contribution < -0.4 is 0 Å². The molecule has 0 aromatic carbocycles. The van der Waals surface area contributed by atoms with Crippen molar-refractivity contribution in [2.45, 2.75) is 39.9 Å². The van der Waals surface area contributed by atoms with Crippen LogP contribution in [0.1, 0.15) is 34.6 Å². The summed E-state index contributed by atoms with van der Waals surface area (Å²) in [7, 11) is 3.88. The summed E-state index contributed by atoms with van der Waals surface area (Å²) in [6.45, 7) is 10.6. The maximum Gasteiger partial charge on any atom is 0.00944 e. The van der Waals surface area contributed by atoms with Gasteiger partial charge in [0.1, 0.15) is 0 Å². The summed E-state index contributed by atoms with van der Waals surface area (Å²) in [5, 5.41) is 0.782. The van der Waals surface area contributed by atoms with Crippen LogP contribution in [0, 0.1) is 0 Å². The van der Waals surface area contributed by atoms with Gasteiger partial charge in [-0.15, -0.1) is 0 Å². The quantitative estimate of drug-likeness (QED) is 0.585. The molecule has 0 unspecified atom stereocenters. The molecule has 2 heteroatoms. The molecule has 0 saturated heterocycles. The Labute approximate surface area is 67.6 Å². The molecule has 0 spiro atoms. The van der Waals surface area contributed by atoms with Crippen molar-refractivity contribution in [2.24, 2.45) is 0 Å². The molecule has 0 bridgehead atoms. The van der Waals surface area contributed by atoms with Crippen LogP contribution in [-0.4, -0.2) is 11.0 Å². The third-order valence-electron chi connectivity index (χ3n) is 0.378. The van der Waals surface area contributed by atoms with E-state index in [4.69, 9.17) is 0 Å². The van der Waals surface area contributed by atoms with Crippen LogP contribution in [0.3, 0.4) is 0 Å². The van der Waals surface area contributed by atoms with Crippen LogP contribution in [0.5, 0.6) is 0 Å². The maximum atomic E-state index is 2.22. The number of hydrogen-bond acceptors (Lipinski definition) is 2. The molecular formula is C7H18S2. The lowest BCUT2D eigenvalue weighted by molar-refractivity contribution is 1.12. The lowest BCUT2D eigenvalue weighted by atomic mass is 10.6. The fourth-order valence-corrected chi connectivity index (χ4v) is 1.84. The lowest BCUT2D eigenvalue weighted by Gasteiger charge is -1.98. The van der Waals surface area contributed by atoms with Crippen molar-refractivity contribution in [3.05, 3.63) is 0 Å². The van der Waals surface area contributed by atoms with E-state index in [-0.39, 0.29) is 0 Å². The maximum absolute atomic E-state index is 2.22. The molecule has 58 valence electrons. The van der Waals surface area contributed by atoms with Crippen LogP contribution in [0.15, 0.2) is 0 Å². The predicted molar refractivity (Wildman–Crippen MR) is 52.2 cm³/mol. The van der Waals surface area contributed by atoms with Crippen LogP contribution in [-0.2, 0) is 0 Å². The first kappa shape index (κ1) is 12.4. The van der Waals surface area contributed by atoms with E-state index in [1.165, 1.54) is 5.75 Å². The highest BCUT2D eigenvalue weighted by Crippen LogP contribution is 2.24. The van der Waals surface area contributed by atoms with Crippen molar-refractivity contribution in [2.75, 3.05) is 5.75 Å².